The Morgan fingerprint density at radius 1 is 1.43 bits per heavy atom. The summed E-state index contributed by atoms with van der Waals surface area (Å²) in [5.74, 6) is -1.37. The molecule has 0 unspecified atom stereocenters. The molecular formula is C16H17F2N3OS. The van der Waals surface area contributed by atoms with E-state index in [1.54, 1.807) is 0 Å². The van der Waals surface area contributed by atoms with E-state index in [2.05, 4.69) is 10.3 Å². The monoisotopic (exact) mass is 337 g/mol. The molecule has 1 atom stereocenters. The van der Waals surface area contributed by atoms with Crippen LogP contribution in [0.3, 0.4) is 0 Å². The highest BCUT2D eigenvalue weighted by atomic mass is 32.1. The average molecular weight is 337 g/mol. The summed E-state index contributed by atoms with van der Waals surface area (Å²) >= 11 is 1.44. The van der Waals surface area contributed by atoms with Crippen molar-refractivity contribution < 1.29 is 13.6 Å². The molecule has 1 aromatic heterocycles. The van der Waals surface area contributed by atoms with Crippen LogP contribution in [0.25, 0.3) is 0 Å². The van der Waals surface area contributed by atoms with Crippen LogP contribution in [-0.4, -0.2) is 16.9 Å². The standard InChI is InChI=1S/C16H17F2N3OS/c1-8-4-12(18)9(5-11(8)17)6-15(22)20-10-2-3-13-14(7-10)23-16(19)21-13/h4-5,10H,2-3,6-7H2,1H3,(H2,19,21)(H,20,22)/t10-/m0/s1. The van der Waals surface area contributed by atoms with Crippen molar-refractivity contribution in [2.75, 3.05) is 5.73 Å². The second-order valence-corrected chi connectivity index (χ2v) is 6.91. The summed E-state index contributed by atoms with van der Waals surface area (Å²) in [6, 6.07) is 2.19. The maximum atomic E-state index is 13.8. The molecule has 1 amide bonds. The summed E-state index contributed by atoms with van der Waals surface area (Å²) in [5, 5.41) is 3.43. The second-order valence-electron chi connectivity index (χ2n) is 5.80. The fraction of sp³-hybridized carbons (Fsp3) is 0.375. The lowest BCUT2D eigenvalue weighted by Gasteiger charge is -2.22. The number of amides is 1. The molecule has 1 heterocycles. The van der Waals surface area contributed by atoms with Crippen molar-refractivity contribution in [1.29, 1.82) is 0 Å². The van der Waals surface area contributed by atoms with Gasteiger partial charge in [0.05, 0.1) is 12.1 Å². The van der Waals surface area contributed by atoms with Crippen LogP contribution in [0, 0.1) is 18.6 Å². The molecule has 7 heteroatoms. The summed E-state index contributed by atoms with van der Waals surface area (Å²) in [4.78, 5) is 17.5. The minimum atomic E-state index is -0.555. The van der Waals surface area contributed by atoms with Crippen LogP contribution in [0.2, 0.25) is 0 Å². The number of hydrogen-bond donors (Lipinski definition) is 2. The molecule has 1 aromatic carbocycles. The van der Waals surface area contributed by atoms with Gasteiger partial charge in [-0.2, -0.15) is 0 Å². The quantitative estimate of drug-likeness (QED) is 0.904. The van der Waals surface area contributed by atoms with Crippen molar-refractivity contribution in [3.05, 3.63) is 45.5 Å². The van der Waals surface area contributed by atoms with Crippen LogP contribution >= 0.6 is 11.3 Å². The lowest BCUT2D eigenvalue weighted by atomic mass is 9.97. The number of nitrogens with two attached hydrogens (primary N) is 1. The van der Waals surface area contributed by atoms with Crippen LogP contribution in [0.15, 0.2) is 12.1 Å². The van der Waals surface area contributed by atoms with Crippen molar-refractivity contribution in [2.45, 2.75) is 38.6 Å². The van der Waals surface area contributed by atoms with E-state index in [0.717, 1.165) is 35.5 Å². The summed E-state index contributed by atoms with van der Waals surface area (Å²) < 4.78 is 27.3. The molecule has 3 N–H and O–H groups in total. The van der Waals surface area contributed by atoms with Crippen molar-refractivity contribution in [2.24, 2.45) is 0 Å². The third-order valence-corrected chi connectivity index (χ3v) is 4.95. The zero-order chi connectivity index (χ0) is 16.6. The van der Waals surface area contributed by atoms with Crippen LogP contribution in [0.1, 0.15) is 28.1 Å². The zero-order valence-electron chi connectivity index (χ0n) is 12.7. The summed E-state index contributed by atoms with van der Waals surface area (Å²) in [7, 11) is 0. The number of halogens is 2. The number of carbonyl (C=O) groups excluding carboxylic acids is 1. The number of nitrogen functional groups attached to an aromatic ring is 1. The maximum absolute atomic E-state index is 13.8. The number of thiazole rings is 1. The third-order valence-electron chi connectivity index (χ3n) is 4.00. The van der Waals surface area contributed by atoms with Crippen LogP contribution in [0.4, 0.5) is 13.9 Å². The topological polar surface area (TPSA) is 68.0 Å². The van der Waals surface area contributed by atoms with E-state index in [0.29, 0.717) is 11.6 Å². The molecule has 0 radical (unpaired) electrons. The highest BCUT2D eigenvalue weighted by Crippen LogP contribution is 2.28. The summed E-state index contributed by atoms with van der Waals surface area (Å²) in [6.45, 7) is 1.49. The fourth-order valence-corrected chi connectivity index (χ4v) is 3.75. The number of fused-ring (bicyclic) bond motifs is 1. The van der Waals surface area contributed by atoms with Gasteiger partial charge in [0.2, 0.25) is 5.91 Å². The SMILES string of the molecule is Cc1cc(F)c(CC(=O)N[C@H]2CCc3nc(N)sc3C2)cc1F. The van der Waals surface area contributed by atoms with Gasteiger partial charge < -0.3 is 11.1 Å². The molecule has 0 bridgehead atoms. The fourth-order valence-electron chi connectivity index (χ4n) is 2.79. The Morgan fingerprint density at radius 3 is 3.00 bits per heavy atom. The van der Waals surface area contributed by atoms with Crippen molar-refractivity contribution in [3.8, 4) is 0 Å². The number of hydrogen-bond acceptors (Lipinski definition) is 4. The first-order chi connectivity index (χ1) is 10.9. The Hall–Kier alpha value is -2.02. The van der Waals surface area contributed by atoms with E-state index in [-0.39, 0.29) is 29.5 Å². The number of rotatable bonds is 3. The Labute approximate surface area is 136 Å². The molecule has 0 fully saturated rings. The molecule has 4 nitrogen and oxygen atoms in total. The Bertz CT molecular complexity index is 760. The Balaban J connectivity index is 1.63. The van der Waals surface area contributed by atoms with Gasteiger partial charge in [0, 0.05) is 22.9 Å². The van der Waals surface area contributed by atoms with Crippen molar-refractivity contribution in [1.82, 2.24) is 10.3 Å². The Morgan fingerprint density at radius 2 is 2.22 bits per heavy atom. The van der Waals surface area contributed by atoms with Gasteiger partial charge in [0.25, 0.3) is 0 Å². The average Bonchev–Trinajstić information content (AvgIpc) is 2.84. The predicted molar refractivity (Wildman–Crippen MR) is 85.3 cm³/mol. The van der Waals surface area contributed by atoms with Gasteiger partial charge in [-0.15, -0.1) is 11.3 Å². The third kappa shape index (κ3) is 3.50. The van der Waals surface area contributed by atoms with Crippen molar-refractivity contribution >= 4 is 22.4 Å². The zero-order valence-corrected chi connectivity index (χ0v) is 13.5. The van der Waals surface area contributed by atoms with Gasteiger partial charge in [-0.25, -0.2) is 13.8 Å². The van der Waals surface area contributed by atoms with Crippen molar-refractivity contribution in [3.63, 3.8) is 0 Å². The highest BCUT2D eigenvalue weighted by Gasteiger charge is 2.23. The first-order valence-corrected chi connectivity index (χ1v) is 8.22. The number of aryl methyl sites for hydroxylation is 2. The first kappa shape index (κ1) is 15.9. The highest BCUT2D eigenvalue weighted by molar-refractivity contribution is 7.15. The molecule has 23 heavy (non-hydrogen) atoms. The van der Waals surface area contributed by atoms with E-state index in [1.807, 2.05) is 0 Å². The van der Waals surface area contributed by atoms with Gasteiger partial charge in [-0.05, 0) is 37.5 Å². The lowest BCUT2D eigenvalue weighted by molar-refractivity contribution is -0.121. The number of nitrogens with zero attached hydrogens (tertiary/aromatic N) is 1. The van der Waals surface area contributed by atoms with Gasteiger partial charge in [-0.3, -0.25) is 4.79 Å². The molecule has 1 aliphatic rings. The van der Waals surface area contributed by atoms with E-state index in [9.17, 15) is 13.6 Å². The minimum absolute atomic E-state index is 0.0202. The second kappa shape index (κ2) is 6.23. The molecule has 0 saturated heterocycles. The first-order valence-electron chi connectivity index (χ1n) is 7.40. The molecular weight excluding hydrogens is 320 g/mol. The molecule has 0 aliphatic heterocycles. The molecule has 3 rings (SSSR count). The number of anilines is 1. The van der Waals surface area contributed by atoms with E-state index >= 15 is 0 Å². The van der Waals surface area contributed by atoms with Crippen LogP contribution in [0.5, 0.6) is 0 Å². The minimum Gasteiger partial charge on any atom is -0.375 e. The van der Waals surface area contributed by atoms with Gasteiger partial charge in [0.1, 0.15) is 11.6 Å². The largest absolute Gasteiger partial charge is 0.375 e. The molecule has 0 saturated carbocycles. The van der Waals surface area contributed by atoms with E-state index in [1.165, 1.54) is 18.3 Å². The molecule has 0 spiro atoms. The maximum Gasteiger partial charge on any atom is 0.224 e. The molecule has 1 aliphatic carbocycles. The molecule has 122 valence electrons. The number of carbonyl (C=O) groups is 1. The predicted octanol–water partition coefficient (Wildman–Crippen LogP) is 2.53. The van der Waals surface area contributed by atoms with Gasteiger partial charge in [-0.1, -0.05) is 0 Å². The number of nitrogens with one attached hydrogen (secondary N) is 1. The summed E-state index contributed by atoms with van der Waals surface area (Å²) in [5.41, 5.74) is 7.00. The number of benzene rings is 1. The van der Waals surface area contributed by atoms with E-state index in [4.69, 9.17) is 5.73 Å². The normalized spacial score (nSPS) is 16.9. The van der Waals surface area contributed by atoms with Gasteiger partial charge >= 0.3 is 0 Å². The van der Waals surface area contributed by atoms with Gasteiger partial charge in [0.15, 0.2) is 5.13 Å². The lowest BCUT2D eigenvalue weighted by Crippen LogP contribution is -2.39. The summed E-state index contributed by atoms with van der Waals surface area (Å²) in [6.07, 6.45) is 2.05. The number of aromatic nitrogens is 1. The smallest absolute Gasteiger partial charge is 0.224 e. The Kier molecular flexibility index (Phi) is 4.30. The van der Waals surface area contributed by atoms with Crippen LogP contribution in [-0.2, 0) is 24.1 Å². The van der Waals surface area contributed by atoms with E-state index < -0.39 is 11.6 Å². The van der Waals surface area contributed by atoms with Crippen LogP contribution < -0.4 is 11.1 Å². The molecule has 2 aromatic rings.